The topological polar surface area (TPSA) is 58.6 Å². The molecule has 0 aliphatic carbocycles. The predicted molar refractivity (Wildman–Crippen MR) is 149 cm³/mol. The minimum absolute atomic E-state index is 0.150. The van der Waals surface area contributed by atoms with Gasteiger partial charge in [0.05, 0.1) is 10.6 Å². The first kappa shape index (κ1) is 25.3. The van der Waals surface area contributed by atoms with E-state index in [4.69, 9.17) is 40.2 Å². The van der Waals surface area contributed by atoms with E-state index in [1.807, 2.05) is 38.1 Å². The van der Waals surface area contributed by atoms with Crippen molar-refractivity contribution in [2.24, 2.45) is 0 Å². The molecule has 3 aromatic rings. The molecule has 0 spiro atoms. The molecular formula is C26H20Cl2N2O3S2. The van der Waals surface area contributed by atoms with Gasteiger partial charge in [0.2, 0.25) is 0 Å². The van der Waals surface area contributed by atoms with E-state index in [-0.39, 0.29) is 18.4 Å². The number of benzene rings is 3. The Labute approximate surface area is 223 Å². The van der Waals surface area contributed by atoms with E-state index in [1.54, 1.807) is 42.5 Å². The van der Waals surface area contributed by atoms with Crippen molar-refractivity contribution in [3.05, 3.63) is 92.3 Å². The summed E-state index contributed by atoms with van der Waals surface area (Å²) in [5.74, 6) is 0.0366. The fraction of sp³-hybridized carbons (Fsp3) is 0.115. The largest absolute Gasteiger partial charge is 0.484 e. The summed E-state index contributed by atoms with van der Waals surface area (Å²) in [6.45, 7) is 3.58. The first-order valence-electron chi connectivity index (χ1n) is 10.5. The molecule has 0 saturated carbocycles. The van der Waals surface area contributed by atoms with E-state index < -0.39 is 0 Å². The van der Waals surface area contributed by atoms with Crippen molar-refractivity contribution >= 4 is 80.8 Å². The molecule has 1 aliphatic rings. The molecule has 2 amide bonds. The van der Waals surface area contributed by atoms with Crippen molar-refractivity contribution in [3.63, 3.8) is 0 Å². The first-order chi connectivity index (χ1) is 16.7. The Kier molecular flexibility index (Phi) is 7.82. The molecule has 3 aromatic carbocycles. The SMILES string of the molecule is Cc1ccc(N2C(=O)/C(=C/c3ccc(OCC(=O)Nc4cccc(Cl)c4C)cc3)SC2=S)cc1Cl. The summed E-state index contributed by atoms with van der Waals surface area (Å²) in [5.41, 5.74) is 3.81. The van der Waals surface area contributed by atoms with Crippen molar-refractivity contribution in [2.75, 3.05) is 16.8 Å². The first-order valence-corrected chi connectivity index (χ1v) is 12.5. The third kappa shape index (κ3) is 5.87. The van der Waals surface area contributed by atoms with Crippen LogP contribution < -0.4 is 15.0 Å². The zero-order valence-corrected chi connectivity index (χ0v) is 21.9. The highest BCUT2D eigenvalue weighted by Crippen LogP contribution is 2.37. The number of thiocarbonyl (C=S) groups is 1. The number of nitrogens with zero attached hydrogens (tertiary/aromatic N) is 1. The molecule has 1 fully saturated rings. The molecule has 35 heavy (non-hydrogen) atoms. The second kappa shape index (κ2) is 10.8. The Hall–Kier alpha value is -2.84. The van der Waals surface area contributed by atoms with Gasteiger partial charge in [0.25, 0.3) is 11.8 Å². The highest BCUT2D eigenvalue weighted by molar-refractivity contribution is 8.27. The van der Waals surface area contributed by atoms with E-state index >= 15 is 0 Å². The average molecular weight is 543 g/mol. The molecule has 0 unspecified atom stereocenters. The number of carbonyl (C=O) groups is 2. The van der Waals surface area contributed by atoms with Crippen molar-refractivity contribution in [1.29, 1.82) is 0 Å². The number of hydrogen-bond donors (Lipinski definition) is 1. The van der Waals surface area contributed by atoms with Gasteiger partial charge in [-0.25, -0.2) is 0 Å². The van der Waals surface area contributed by atoms with E-state index in [0.29, 0.717) is 36.4 Å². The van der Waals surface area contributed by atoms with Crippen LogP contribution in [-0.2, 0) is 9.59 Å². The van der Waals surface area contributed by atoms with Gasteiger partial charge in [-0.05, 0) is 73.0 Å². The summed E-state index contributed by atoms with van der Waals surface area (Å²) in [6, 6.07) is 17.8. The maximum atomic E-state index is 13.0. The van der Waals surface area contributed by atoms with Crippen LogP contribution in [0.1, 0.15) is 16.7 Å². The number of carbonyl (C=O) groups excluding carboxylic acids is 2. The molecule has 9 heteroatoms. The minimum Gasteiger partial charge on any atom is -0.484 e. The predicted octanol–water partition coefficient (Wildman–Crippen LogP) is 7.03. The number of halogens is 2. The number of ether oxygens (including phenoxy) is 1. The average Bonchev–Trinajstić information content (AvgIpc) is 3.11. The van der Waals surface area contributed by atoms with Crippen LogP contribution in [0.25, 0.3) is 6.08 Å². The zero-order valence-electron chi connectivity index (χ0n) is 18.8. The third-order valence-corrected chi connectivity index (χ3v) is 7.42. The van der Waals surface area contributed by atoms with Crippen LogP contribution in [0.5, 0.6) is 5.75 Å². The van der Waals surface area contributed by atoms with Crippen molar-refractivity contribution in [3.8, 4) is 5.75 Å². The van der Waals surface area contributed by atoms with Crippen molar-refractivity contribution < 1.29 is 14.3 Å². The lowest BCUT2D eigenvalue weighted by Gasteiger charge is -2.15. The van der Waals surface area contributed by atoms with Crippen LogP contribution in [0.4, 0.5) is 11.4 Å². The smallest absolute Gasteiger partial charge is 0.270 e. The number of aryl methyl sites for hydroxylation is 1. The Morgan fingerprint density at radius 3 is 2.54 bits per heavy atom. The molecule has 1 heterocycles. The second-order valence-electron chi connectivity index (χ2n) is 7.77. The Morgan fingerprint density at radius 2 is 1.83 bits per heavy atom. The molecule has 1 aliphatic heterocycles. The molecule has 0 bridgehead atoms. The second-order valence-corrected chi connectivity index (χ2v) is 10.3. The maximum absolute atomic E-state index is 13.0. The van der Waals surface area contributed by atoms with Crippen LogP contribution in [0.15, 0.2) is 65.6 Å². The van der Waals surface area contributed by atoms with E-state index in [0.717, 1.165) is 16.7 Å². The fourth-order valence-corrected chi connectivity index (χ4v) is 4.95. The summed E-state index contributed by atoms with van der Waals surface area (Å²) in [5, 5.41) is 3.95. The number of amides is 2. The van der Waals surface area contributed by atoms with Gasteiger partial charge in [-0.2, -0.15) is 0 Å². The molecule has 178 valence electrons. The maximum Gasteiger partial charge on any atom is 0.270 e. The van der Waals surface area contributed by atoms with Gasteiger partial charge in [-0.15, -0.1) is 0 Å². The molecule has 4 rings (SSSR count). The lowest BCUT2D eigenvalue weighted by Crippen LogP contribution is -2.27. The molecule has 0 radical (unpaired) electrons. The summed E-state index contributed by atoms with van der Waals surface area (Å²) >= 11 is 19.0. The van der Waals surface area contributed by atoms with Gasteiger partial charge in [-0.3, -0.25) is 14.5 Å². The van der Waals surface area contributed by atoms with Crippen molar-refractivity contribution in [2.45, 2.75) is 13.8 Å². The minimum atomic E-state index is -0.292. The van der Waals surface area contributed by atoms with Gasteiger partial charge in [-0.1, -0.05) is 71.4 Å². The number of thioether (sulfide) groups is 1. The van der Waals surface area contributed by atoms with Gasteiger partial charge in [0.15, 0.2) is 10.9 Å². The third-order valence-electron chi connectivity index (χ3n) is 5.30. The molecular weight excluding hydrogens is 523 g/mol. The van der Waals surface area contributed by atoms with E-state index in [2.05, 4.69) is 5.32 Å². The fourth-order valence-electron chi connectivity index (χ4n) is 3.30. The van der Waals surface area contributed by atoms with Crippen LogP contribution in [0, 0.1) is 13.8 Å². The Morgan fingerprint density at radius 1 is 1.09 bits per heavy atom. The van der Waals surface area contributed by atoms with Crippen LogP contribution in [0.3, 0.4) is 0 Å². The van der Waals surface area contributed by atoms with Gasteiger partial charge in [0, 0.05) is 15.7 Å². The van der Waals surface area contributed by atoms with Crippen LogP contribution in [-0.4, -0.2) is 22.7 Å². The summed E-state index contributed by atoms with van der Waals surface area (Å²) in [4.78, 5) is 27.2. The summed E-state index contributed by atoms with van der Waals surface area (Å²) < 4.78 is 6.04. The Bertz CT molecular complexity index is 1360. The standard InChI is InChI=1S/C26H20Cl2N2O3S2/c1-15-6-9-18(13-21(15)28)30-25(32)23(35-26(30)34)12-17-7-10-19(11-8-17)33-14-24(31)29-22-5-3-4-20(27)16(22)2/h3-13H,14H2,1-2H3,(H,29,31)/b23-12-. The highest BCUT2D eigenvalue weighted by atomic mass is 35.5. The molecule has 0 atom stereocenters. The number of rotatable bonds is 6. The highest BCUT2D eigenvalue weighted by Gasteiger charge is 2.33. The van der Waals surface area contributed by atoms with Gasteiger partial charge in [0.1, 0.15) is 5.75 Å². The lowest BCUT2D eigenvalue weighted by molar-refractivity contribution is -0.118. The molecule has 0 aromatic heterocycles. The normalized spacial score (nSPS) is 14.5. The number of hydrogen-bond acceptors (Lipinski definition) is 5. The Balaban J connectivity index is 1.38. The van der Waals surface area contributed by atoms with Gasteiger partial charge >= 0.3 is 0 Å². The van der Waals surface area contributed by atoms with Gasteiger partial charge < -0.3 is 10.1 Å². The van der Waals surface area contributed by atoms with Crippen LogP contribution >= 0.6 is 47.2 Å². The zero-order chi connectivity index (χ0) is 25.1. The molecule has 1 saturated heterocycles. The summed E-state index contributed by atoms with van der Waals surface area (Å²) in [6.07, 6.45) is 1.77. The lowest BCUT2D eigenvalue weighted by atomic mass is 10.2. The van der Waals surface area contributed by atoms with E-state index in [9.17, 15) is 9.59 Å². The molecule has 1 N–H and O–H groups in total. The molecule has 5 nitrogen and oxygen atoms in total. The quantitative estimate of drug-likeness (QED) is 0.267. The number of anilines is 2. The summed E-state index contributed by atoms with van der Waals surface area (Å²) in [7, 11) is 0. The van der Waals surface area contributed by atoms with Crippen LogP contribution in [0.2, 0.25) is 10.0 Å². The monoisotopic (exact) mass is 542 g/mol. The van der Waals surface area contributed by atoms with Crippen molar-refractivity contribution in [1.82, 2.24) is 0 Å². The van der Waals surface area contributed by atoms with E-state index in [1.165, 1.54) is 16.7 Å². The number of nitrogens with one attached hydrogen (secondary N) is 1.